The van der Waals surface area contributed by atoms with Crippen molar-refractivity contribution in [3.63, 3.8) is 0 Å². The Kier molecular flexibility index (Phi) is 7.36. The number of ether oxygens (including phenoxy) is 2. The van der Waals surface area contributed by atoms with E-state index in [0.29, 0.717) is 17.1 Å². The molecule has 29 heavy (non-hydrogen) atoms. The third-order valence-electron chi connectivity index (χ3n) is 6.07. The average Bonchev–Trinajstić information content (AvgIpc) is 3.27. The first-order valence-corrected chi connectivity index (χ1v) is 10.6. The number of amides is 2. The molecule has 0 bridgehead atoms. The highest BCUT2D eigenvalue weighted by molar-refractivity contribution is 5.97. The number of carbonyl (C=O) groups is 2. The van der Waals surface area contributed by atoms with Gasteiger partial charge >= 0.3 is 0 Å². The number of hydrogen-bond acceptors (Lipinski definition) is 5. The standard InChI is InChI=1S/C22H33N3O4/c1-24(12-11-21(23)26)22(27)19-15-18(28-2)7-8-20(19)29-17-9-13-25(14-10-17)16-5-3-4-6-16/h7-8,15-17H,3-6,9-14H2,1-2H3,(H2,23,26). The molecule has 1 aliphatic carbocycles. The third kappa shape index (κ3) is 5.63. The Morgan fingerprint density at radius 1 is 1.17 bits per heavy atom. The van der Waals surface area contributed by atoms with Gasteiger partial charge in [0, 0.05) is 39.1 Å². The normalized spacial score (nSPS) is 18.6. The van der Waals surface area contributed by atoms with Crippen LogP contribution in [0.2, 0.25) is 0 Å². The maximum absolute atomic E-state index is 12.9. The Morgan fingerprint density at radius 2 is 1.86 bits per heavy atom. The second kappa shape index (κ2) is 9.96. The van der Waals surface area contributed by atoms with E-state index in [-0.39, 0.29) is 25.0 Å². The zero-order valence-electron chi connectivity index (χ0n) is 17.6. The van der Waals surface area contributed by atoms with Crippen LogP contribution in [0.5, 0.6) is 11.5 Å². The molecule has 0 unspecified atom stereocenters. The largest absolute Gasteiger partial charge is 0.497 e. The molecule has 1 saturated carbocycles. The maximum Gasteiger partial charge on any atom is 0.257 e. The number of hydrogen-bond donors (Lipinski definition) is 1. The minimum atomic E-state index is -0.430. The van der Waals surface area contributed by atoms with Crippen LogP contribution in [-0.4, -0.2) is 67.6 Å². The number of primary amides is 1. The highest BCUT2D eigenvalue weighted by Gasteiger charge is 2.29. The lowest BCUT2D eigenvalue weighted by molar-refractivity contribution is -0.118. The van der Waals surface area contributed by atoms with Gasteiger partial charge < -0.3 is 25.0 Å². The quantitative estimate of drug-likeness (QED) is 0.721. The van der Waals surface area contributed by atoms with Crippen LogP contribution >= 0.6 is 0 Å². The molecular formula is C22H33N3O4. The van der Waals surface area contributed by atoms with Crippen molar-refractivity contribution in [1.82, 2.24) is 9.80 Å². The summed E-state index contributed by atoms with van der Waals surface area (Å²) in [4.78, 5) is 28.1. The van der Waals surface area contributed by atoms with Gasteiger partial charge in [-0.2, -0.15) is 0 Å². The fourth-order valence-corrected chi connectivity index (χ4v) is 4.30. The fourth-order valence-electron chi connectivity index (χ4n) is 4.30. The van der Waals surface area contributed by atoms with Gasteiger partial charge in [0.25, 0.3) is 5.91 Å². The molecule has 1 heterocycles. The van der Waals surface area contributed by atoms with Crippen LogP contribution in [0.4, 0.5) is 0 Å². The van der Waals surface area contributed by atoms with Crippen LogP contribution in [0.3, 0.4) is 0 Å². The van der Waals surface area contributed by atoms with Gasteiger partial charge in [0.05, 0.1) is 12.7 Å². The molecule has 2 amide bonds. The molecule has 2 aliphatic rings. The lowest BCUT2D eigenvalue weighted by atomic mass is 10.0. The van der Waals surface area contributed by atoms with Gasteiger partial charge in [0.1, 0.15) is 17.6 Å². The summed E-state index contributed by atoms with van der Waals surface area (Å²) in [5.41, 5.74) is 5.66. The van der Waals surface area contributed by atoms with Gasteiger partial charge in [-0.1, -0.05) is 12.8 Å². The summed E-state index contributed by atoms with van der Waals surface area (Å²) in [5.74, 6) is 0.533. The van der Waals surface area contributed by atoms with Crippen LogP contribution in [0.1, 0.15) is 55.3 Å². The topological polar surface area (TPSA) is 85.1 Å². The molecule has 0 spiro atoms. The molecule has 0 atom stereocenters. The van der Waals surface area contributed by atoms with Crippen molar-refractivity contribution in [3.05, 3.63) is 23.8 Å². The van der Waals surface area contributed by atoms with E-state index in [0.717, 1.165) is 32.0 Å². The average molecular weight is 404 g/mol. The van der Waals surface area contributed by atoms with E-state index >= 15 is 0 Å². The van der Waals surface area contributed by atoms with Crippen molar-refractivity contribution in [2.45, 2.75) is 57.1 Å². The molecule has 7 heteroatoms. The first-order valence-electron chi connectivity index (χ1n) is 10.6. The molecule has 1 saturated heterocycles. The van der Waals surface area contributed by atoms with Crippen LogP contribution in [0, 0.1) is 0 Å². The van der Waals surface area contributed by atoms with Crippen molar-refractivity contribution >= 4 is 11.8 Å². The number of carbonyl (C=O) groups excluding carboxylic acids is 2. The van der Waals surface area contributed by atoms with E-state index in [9.17, 15) is 9.59 Å². The third-order valence-corrected chi connectivity index (χ3v) is 6.07. The predicted molar refractivity (Wildman–Crippen MR) is 111 cm³/mol. The zero-order chi connectivity index (χ0) is 20.8. The number of benzene rings is 1. The molecule has 1 aromatic rings. The number of methoxy groups -OCH3 is 1. The lowest BCUT2D eigenvalue weighted by Crippen LogP contribution is -2.43. The van der Waals surface area contributed by atoms with Crippen LogP contribution in [0.15, 0.2) is 18.2 Å². The zero-order valence-corrected chi connectivity index (χ0v) is 17.6. The van der Waals surface area contributed by atoms with E-state index in [1.807, 2.05) is 6.07 Å². The Bertz CT molecular complexity index is 710. The van der Waals surface area contributed by atoms with Crippen molar-refractivity contribution in [1.29, 1.82) is 0 Å². The first-order chi connectivity index (χ1) is 14.0. The summed E-state index contributed by atoms with van der Waals surface area (Å²) < 4.78 is 11.6. The molecule has 7 nitrogen and oxygen atoms in total. The molecule has 2 N–H and O–H groups in total. The van der Waals surface area contributed by atoms with Gasteiger partial charge in [-0.3, -0.25) is 9.59 Å². The molecule has 0 aromatic heterocycles. The molecule has 2 fully saturated rings. The van der Waals surface area contributed by atoms with Crippen molar-refractivity contribution in [2.24, 2.45) is 5.73 Å². The summed E-state index contributed by atoms with van der Waals surface area (Å²) in [5, 5.41) is 0. The highest BCUT2D eigenvalue weighted by atomic mass is 16.5. The van der Waals surface area contributed by atoms with E-state index in [4.69, 9.17) is 15.2 Å². The van der Waals surface area contributed by atoms with E-state index in [2.05, 4.69) is 4.90 Å². The summed E-state index contributed by atoms with van der Waals surface area (Å²) in [6.07, 6.45) is 7.50. The van der Waals surface area contributed by atoms with E-state index < -0.39 is 5.91 Å². The number of nitrogens with two attached hydrogens (primary N) is 1. The van der Waals surface area contributed by atoms with Gasteiger partial charge in [-0.25, -0.2) is 0 Å². The Hall–Kier alpha value is -2.28. The second-order valence-corrected chi connectivity index (χ2v) is 8.10. The second-order valence-electron chi connectivity index (χ2n) is 8.10. The Labute approximate surface area is 173 Å². The molecule has 1 aliphatic heterocycles. The van der Waals surface area contributed by atoms with Crippen molar-refractivity contribution in [3.8, 4) is 11.5 Å². The predicted octanol–water partition coefficient (Wildman–Crippen LogP) is 2.43. The van der Waals surface area contributed by atoms with Crippen LogP contribution in [-0.2, 0) is 4.79 Å². The van der Waals surface area contributed by atoms with Gasteiger partial charge in [0.2, 0.25) is 5.91 Å². The minimum absolute atomic E-state index is 0.100. The maximum atomic E-state index is 12.9. The molecule has 160 valence electrons. The summed E-state index contributed by atoms with van der Waals surface area (Å²) >= 11 is 0. The summed E-state index contributed by atoms with van der Waals surface area (Å²) in [7, 11) is 3.23. The number of likely N-dealkylation sites (tertiary alicyclic amines) is 1. The highest BCUT2D eigenvalue weighted by Crippen LogP contribution is 2.30. The van der Waals surface area contributed by atoms with Gasteiger partial charge in [-0.15, -0.1) is 0 Å². The molecule has 0 radical (unpaired) electrons. The fraction of sp³-hybridized carbons (Fsp3) is 0.636. The van der Waals surface area contributed by atoms with Crippen molar-refractivity contribution < 1.29 is 19.1 Å². The van der Waals surface area contributed by atoms with Gasteiger partial charge in [0.15, 0.2) is 0 Å². The Balaban J connectivity index is 1.65. The summed E-state index contributed by atoms with van der Waals surface area (Å²) in [6, 6.07) is 6.06. The van der Waals surface area contributed by atoms with E-state index in [1.165, 1.54) is 30.6 Å². The van der Waals surface area contributed by atoms with Crippen LogP contribution < -0.4 is 15.2 Å². The monoisotopic (exact) mass is 403 g/mol. The van der Waals surface area contributed by atoms with Crippen LogP contribution in [0.25, 0.3) is 0 Å². The Morgan fingerprint density at radius 3 is 2.48 bits per heavy atom. The number of rotatable bonds is 8. The first kappa shape index (κ1) is 21.4. The van der Waals surface area contributed by atoms with E-state index in [1.54, 1.807) is 26.3 Å². The number of nitrogens with zero attached hydrogens (tertiary/aromatic N) is 2. The number of piperidine rings is 1. The van der Waals surface area contributed by atoms with Gasteiger partial charge in [-0.05, 0) is 43.9 Å². The summed E-state index contributed by atoms with van der Waals surface area (Å²) in [6.45, 7) is 2.37. The van der Waals surface area contributed by atoms with Crippen molar-refractivity contribution in [2.75, 3.05) is 33.8 Å². The lowest BCUT2D eigenvalue weighted by Gasteiger charge is -2.36. The SMILES string of the molecule is COc1ccc(OC2CCN(C3CCCC3)CC2)c(C(=O)N(C)CCC(N)=O)c1. The molecular weight excluding hydrogens is 370 g/mol. The molecule has 3 rings (SSSR count). The smallest absolute Gasteiger partial charge is 0.257 e. The molecule has 1 aromatic carbocycles. The minimum Gasteiger partial charge on any atom is -0.497 e.